The average molecular weight is 296 g/mol. The Morgan fingerprint density at radius 1 is 1.21 bits per heavy atom. The van der Waals surface area contributed by atoms with E-state index in [2.05, 4.69) is 60.8 Å². The minimum Gasteiger partial charge on any atom is -0.327 e. The van der Waals surface area contributed by atoms with Gasteiger partial charge in [0.05, 0.1) is 0 Å². The molecular formula is C16H25NS2. The molecule has 19 heavy (non-hydrogen) atoms. The van der Waals surface area contributed by atoms with Crippen molar-refractivity contribution < 1.29 is 0 Å². The normalized spacial score (nSPS) is 25.2. The second-order valence-corrected chi connectivity index (χ2v) is 7.83. The Hall–Kier alpha value is -0.120. The van der Waals surface area contributed by atoms with Crippen LogP contribution in [0.25, 0.3) is 0 Å². The van der Waals surface area contributed by atoms with Crippen molar-refractivity contribution in [1.82, 2.24) is 0 Å². The van der Waals surface area contributed by atoms with Crippen LogP contribution in [-0.4, -0.2) is 28.0 Å². The SMILES string of the molecule is CCC1SCCSC1C(N)CCCc1ccccc1. The van der Waals surface area contributed by atoms with Crippen molar-refractivity contribution in [3.05, 3.63) is 35.9 Å². The van der Waals surface area contributed by atoms with Crippen molar-refractivity contribution >= 4 is 23.5 Å². The van der Waals surface area contributed by atoms with Crippen molar-refractivity contribution in [3.63, 3.8) is 0 Å². The van der Waals surface area contributed by atoms with E-state index in [9.17, 15) is 0 Å². The number of benzene rings is 1. The maximum absolute atomic E-state index is 6.44. The maximum atomic E-state index is 6.44. The molecule has 1 aliphatic heterocycles. The van der Waals surface area contributed by atoms with E-state index in [0.29, 0.717) is 11.3 Å². The number of thioether (sulfide) groups is 2. The third-order valence-electron chi connectivity index (χ3n) is 3.76. The Morgan fingerprint density at radius 2 is 1.95 bits per heavy atom. The first kappa shape index (κ1) is 15.3. The molecule has 0 radical (unpaired) electrons. The van der Waals surface area contributed by atoms with E-state index in [0.717, 1.165) is 18.1 Å². The first-order valence-electron chi connectivity index (χ1n) is 7.34. The fourth-order valence-corrected chi connectivity index (χ4v) is 5.92. The molecule has 2 rings (SSSR count). The number of nitrogens with two attached hydrogens (primary N) is 1. The van der Waals surface area contributed by atoms with Crippen LogP contribution in [-0.2, 0) is 6.42 Å². The molecule has 1 aromatic carbocycles. The summed E-state index contributed by atoms with van der Waals surface area (Å²) in [6.45, 7) is 2.30. The minimum atomic E-state index is 0.367. The van der Waals surface area contributed by atoms with Gasteiger partial charge >= 0.3 is 0 Å². The Bertz CT molecular complexity index is 355. The zero-order chi connectivity index (χ0) is 13.5. The van der Waals surface area contributed by atoms with Gasteiger partial charge in [-0.3, -0.25) is 0 Å². The van der Waals surface area contributed by atoms with Gasteiger partial charge in [-0.05, 0) is 31.2 Å². The molecule has 1 fully saturated rings. The van der Waals surface area contributed by atoms with E-state index in [1.807, 2.05) is 0 Å². The molecule has 0 bridgehead atoms. The molecule has 1 saturated heterocycles. The smallest absolute Gasteiger partial charge is 0.0317 e. The Labute approximate surface area is 126 Å². The number of rotatable bonds is 6. The molecular weight excluding hydrogens is 270 g/mol. The van der Waals surface area contributed by atoms with E-state index < -0.39 is 0 Å². The third kappa shape index (κ3) is 4.73. The lowest BCUT2D eigenvalue weighted by Gasteiger charge is -2.34. The lowest BCUT2D eigenvalue weighted by atomic mass is 10.0. The lowest BCUT2D eigenvalue weighted by molar-refractivity contribution is 0.541. The summed E-state index contributed by atoms with van der Waals surface area (Å²) in [4.78, 5) is 0. The molecule has 2 N–H and O–H groups in total. The molecule has 1 aliphatic rings. The second-order valence-electron chi connectivity index (χ2n) is 5.19. The van der Waals surface area contributed by atoms with Crippen molar-refractivity contribution in [2.45, 2.75) is 49.1 Å². The zero-order valence-electron chi connectivity index (χ0n) is 11.8. The van der Waals surface area contributed by atoms with E-state index >= 15 is 0 Å². The Morgan fingerprint density at radius 3 is 2.68 bits per heavy atom. The summed E-state index contributed by atoms with van der Waals surface area (Å²) >= 11 is 4.23. The van der Waals surface area contributed by atoms with Gasteiger partial charge in [-0.15, -0.1) is 0 Å². The van der Waals surface area contributed by atoms with Gasteiger partial charge in [0.25, 0.3) is 0 Å². The standard InChI is InChI=1S/C16H25NS2/c1-2-15-16(19-12-11-18-15)14(17)10-6-9-13-7-4-3-5-8-13/h3-5,7-8,14-16H,2,6,9-12,17H2,1H3. The molecule has 106 valence electrons. The molecule has 3 atom stereocenters. The van der Waals surface area contributed by atoms with Crippen LogP contribution in [0.1, 0.15) is 31.7 Å². The van der Waals surface area contributed by atoms with Gasteiger partial charge in [0.1, 0.15) is 0 Å². The minimum absolute atomic E-state index is 0.367. The van der Waals surface area contributed by atoms with Crippen molar-refractivity contribution in [2.24, 2.45) is 5.73 Å². The van der Waals surface area contributed by atoms with Crippen LogP contribution in [0.5, 0.6) is 0 Å². The van der Waals surface area contributed by atoms with E-state index in [4.69, 9.17) is 5.73 Å². The van der Waals surface area contributed by atoms with E-state index in [1.54, 1.807) is 0 Å². The van der Waals surface area contributed by atoms with Crippen LogP contribution in [0.3, 0.4) is 0 Å². The van der Waals surface area contributed by atoms with Gasteiger partial charge in [0, 0.05) is 28.0 Å². The summed E-state index contributed by atoms with van der Waals surface area (Å²) in [6, 6.07) is 11.1. The highest BCUT2D eigenvalue weighted by molar-refractivity contribution is 8.07. The summed E-state index contributed by atoms with van der Waals surface area (Å²) in [5.41, 5.74) is 7.88. The van der Waals surface area contributed by atoms with Crippen molar-refractivity contribution in [1.29, 1.82) is 0 Å². The maximum Gasteiger partial charge on any atom is 0.0317 e. The summed E-state index contributed by atoms with van der Waals surface area (Å²) < 4.78 is 0. The quantitative estimate of drug-likeness (QED) is 0.860. The monoisotopic (exact) mass is 295 g/mol. The molecule has 0 aliphatic carbocycles. The van der Waals surface area contributed by atoms with Gasteiger partial charge in [-0.25, -0.2) is 0 Å². The van der Waals surface area contributed by atoms with Crippen molar-refractivity contribution in [2.75, 3.05) is 11.5 Å². The summed E-state index contributed by atoms with van der Waals surface area (Å²) in [6.07, 6.45) is 4.79. The predicted octanol–water partition coefficient (Wildman–Crippen LogP) is 3.96. The fourth-order valence-electron chi connectivity index (χ4n) is 2.69. The highest BCUT2D eigenvalue weighted by Crippen LogP contribution is 2.35. The molecule has 3 unspecified atom stereocenters. The molecule has 0 amide bonds. The molecule has 0 saturated carbocycles. The third-order valence-corrected chi connectivity index (χ3v) is 7.19. The number of hydrogen-bond acceptors (Lipinski definition) is 3. The molecule has 0 spiro atoms. The highest BCUT2D eigenvalue weighted by atomic mass is 32.2. The first-order valence-corrected chi connectivity index (χ1v) is 9.43. The van der Waals surface area contributed by atoms with Crippen LogP contribution < -0.4 is 5.73 Å². The molecule has 0 aromatic heterocycles. The van der Waals surface area contributed by atoms with Gasteiger partial charge in [-0.1, -0.05) is 37.3 Å². The number of aryl methyl sites for hydroxylation is 1. The van der Waals surface area contributed by atoms with Gasteiger partial charge < -0.3 is 5.73 Å². The van der Waals surface area contributed by atoms with E-state index in [-0.39, 0.29) is 0 Å². The van der Waals surface area contributed by atoms with Crippen LogP contribution in [0.15, 0.2) is 30.3 Å². The fraction of sp³-hybridized carbons (Fsp3) is 0.625. The molecule has 1 heterocycles. The second kappa shape index (κ2) is 8.23. The molecule has 3 heteroatoms. The van der Waals surface area contributed by atoms with Gasteiger partial charge in [0.15, 0.2) is 0 Å². The first-order chi connectivity index (χ1) is 9.31. The topological polar surface area (TPSA) is 26.0 Å². The summed E-state index contributed by atoms with van der Waals surface area (Å²) in [5.74, 6) is 2.58. The predicted molar refractivity (Wildman–Crippen MR) is 90.1 cm³/mol. The molecule has 1 nitrogen and oxygen atoms in total. The average Bonchev–Trinajstić information content (AvgIpc) is 2.48. The van der Waals surface area contributed by atoms with Gasteiger partial charge in [-0.2, -0.15) is 23.5 Å². The van der Waals surface area contributed by atoms with Crippen LogP contribution in [0, 0.1) is 0 Å². The highest BCUT2D eigenvalue weighted by Gasteiger charge is 2.29. The van der Waals surface area contributed by atoms with E-state index in [1.165, 1.54) is 29.9 Å². The van der Waals surface area contributed by atoms with Gasteiger partial charge in [0.2, 0.25) is 0 Å². The summed E-state index contributed by atoms with van der Waals surface area (Å²) in [7, 11) is 0. The lowest BCUT2D eigenvalue weighted by Crippen LogP contribution is -2.41. The van der Waals surface area contributed by atoms with Crippen LogP contribution in [0.2, 0.25) is 0 Å². The Kier molecular flexibility index (Phi) is 6.62. The van der Waals surface area contributed by atoms with Crippen LogP contribution in [0.4, 0.5) is 0 Å². The zero-order valence-corrected chi connectivity index (χ0v) is 13.4. The van der Waals surface area contributed by atoms with Crippen LogP contribution >= 0.6 is 23.5 Å². The summed E-state index contributed by atoms with van der Waals surface area (Å²) in [5, 5.41) is 1.44. The Balaban J connectivity index is 1.75. The largest absolute Gasteiger partial charge is 0.327 e. The number of hydrogen-bond donors (Lipinski definition) is 1. The molecule has 1 aromatic rings. The van der Waals surface area contributed by atoms with Crippen molar-refractivity contribution in [3.8, 4) is 0 Å².